The molecule has 2 aromatic carbocycles. The largest absolute Gasteiger partial charge is 0.504 e. The van der Waals surface area contributed by atoms with E-state index in [0.29, 0.717) is 26.2 Å². The summed E-state index contributed by atoms with van der Waals surface area (Å²) >= 11 is 0. The van der Waals surface area contributed by atoms with Crippen LogP contribution in [0, 0.1) is 0 Å². The predicted octanol–water partition coefficient (Wildman–Crippen LogP) is 2.86. The highest BCUT2D eigenvalue weighted by molar-refractivity contribution is 5.89. The van der Waals surface area contributed by atoms with Gasteiger partial charge in [-0.05, 0) is 18.6 Å². The zero-order valence-electron chi connectivity index (χ0n) is 13.9. The molecule has 6 nitrogen and oxygen atoms in total. The monoisotopic (exact) mass is 338 g/mol. The lowest BCUT2D eigenvalue weighted by Crippen LogP contribution is -2.15. The molecule has 0 saturated heterocycles. The third-order valence-corrected chi connectivity index (χ3v) is 3.90. The van der Waals surface area contributed by atoms with Crippen molar-refractivity contribution in [1.29, 1.82) is 0 Å². The number of nitrogens with one attached hydrogen (secondary N) is 2. The van der Waals surface area contributed by atoms with Crippen LogP contribution in [-0.4, -0.2) is 48.8 Å². The molecule has 25 heavy (non-hydrogen) atoms. The quantitative estimate of drug-likeness (QED) is 0.439. The number of benzene rings is 2. The molecule has 0 spiro atoms. The molecular formula is C19H22N4O2. The Hall–Kier alpha value is -3.02. The second-order valence-electron chi connectivity index (χ2n) is 5.79. The molecule has 1 aliphatic rings. The Morgan fingerprint density at radius 2 is 1.40 bits per heavy atom. The molecule has 1 aliphatic heterocycles. The van der Waals surface area contributed by atoms with E-state index in [2.05, 4.69) is 20.6 Å². The van der Waals surface area contributed by atoms with Crippen molar-refractivity contribution < 1.29 is 10.2 Å². The van der Waals surface area contributed by atoms with E-state index in [4.69, 9.17) is 0 Å². The Morgan fingerprint density at radius 3 is 2.20 bits per heavy atom. The van der Waals surface area contributed by atoms with Crippen molar-refractivity contribution in [1.82, 2.24) is 0 Å². The summed E-state index contributed by atoms with van der Waals surface area (Å²) in [5.41, 5.74) is 3.58. The number of hydrogen-bond acceptors (Lipinski definition) is 6. The molecule has 4 N–H and O–H groups in total. The average molecular weight is 338 g/mol. The fraction of sp³-hybridized carbons (Fsp3) is 0.263. The van der Waals surface area contributed by atoms with E-state index in [-0.39, 0.29) is 11.5 Å². The summed E-state index contributed by atoms with van der Waals surface area (Å²) in [4.78, 5) is 8.86. The van der Waals surface area contributed by atoms with Crippen LogP contribution in [-0.2, 0) is 0 Å². The number of phenolic OH excluding ortho intramolecular Hbond substituents is 2. The van der Waals surface area contributed by atoms with Gasteiger partial charge < -0.3 is 20.8 Å². The molecule has 0 radical (unpaired) electrons. The van der Waals surface area contributed by atoms with E-state index in [0.717, 1.165) is 28.9 Å². The van der Waals surface area contributed by atoms with Crippen molar-refractivity contribution in [3.05, 3.63) is 47.5 Å². The zero-order valence-corrected chi connectivity index (χ0v) is 13.9. The fourth-order valence-corrected chi connectivity index (χ4v) is 2.60. The number of aromatic hydroxyl groups is 2. The summed E-state index contributed by atoms with van der Waals surface area (Å²) in [6, 6.07) is 11.1. The Labute approximate surface area is 147 Å². The highest BCUT2D eigenvalue weighted by Crippen LogP contribution is 2.30. The number of anilines is 2. The number of fused-ring (bicyclic) bond motifs is 2. The second-order valence-corrected chi connectivity index (χ2v) is 5.79. The van der Waals surface area contributed by atoms with Crippen molar-refractivity contribution in [2.24, 2.45) is 9.98 Å². The minimum absolute atomic E-state index is 0.149. The number of nitrogens with zero attached hydrogens (tertiary/aromatic N) is 2. The van der Waals surface area contributed by atoms with Gasteiger partial charge in [-0.1, -0.05) is 18.2 Å². The molecule has 0 fully saturated rings. The first kappa shape index (κ1) is 16.8. The molecule has 0 aliphatic carbocycles. The number of rotatable bonds is 0. The molecule has 130 valence electrons. The SMILES string of the molecule is Oc1cc2c(cc1O)NCCNc1ccccc1C=NCCCN=C2. The lowest BCUT2D eigenvalue weighted by atomic mass is 10.1. The van der Waals surface area contributed by atoms with E-state index < -0.39 is 0 Å². The molecule has 0 unspecified atom stereocenters. The van der Waals surface area contributed by atoms with Gasteiger partial charge >= 0.3 is 0 Å². The van der Waals surface area contributed by atoms with Crippen LogP contribution in [0.4, 0.5) is 11.4 Å². The first-order valence-electron chi connectivity index (χ1n) is 8.36. The maximum absolute atomic E-state index is 9.75. The third-order valence-electron chi connectivity index (χ3n) is 3.90. The van der Waals surface area contributed by atoms with E-state index in [1.54, 1.807) is 6.21 Å². The first-order valence-corrected chi connectivity index (χ1v) is 8.36. The molecule has 0 atom stereocenters. The lowest BCUT2D eigenvalue weighted by Gasteiger charge is -2.13. The summed E-state index contributed by atoms with van der Waals surface area (Å²) in [5.74, 6) is -0.300. The van der Waals surface area contributed by atoms with Gasteiger partial charge in [-0.2, -0.15) is 0 Å². The fourth-order valence-electron chi connectivity index (χ4n) is 2.60. The van der Waals surface area contributed by atoms with Crippen molar-refractivity contribution in [3.63, 3.8) is 0 Å². The minimum atomic E-state index is -0.151. The highest BCUT2D eigenvalue weighted by Gasteiger charge is 2.07. The van der Waals surface area contributed by atoms with Crippen LogP contribution in [0.2, 0.25) is 0 Å². The Balaban J connectivity index is 1.81. The van der Waals surface area contributed by atoms with Crippen LogP contribution in [0.1, 0.15) is 17.5 Å². The van der Waals surface area contributed by atoms with Crippen LogP contribution >= 0.6 is 0 Å². The molecule has 0 aromatic heterocycles. The van der Waals surface area contributed by atoms with Crippen molar-refractivity contribution in [2.75, 3.05) is 36.8 Å². The summed E-state index contributed by atoms with van der Waals surface area (Å²) in [5, 5.41) is 26.1. The zero-order chi connectivity index (χ0) is 17.5. The molecule has 0 amide bonds. The standard InChI is InChI=1S/C19H22N4O2/c24-18-10-15-13-21-7-3-6-20-12-14-4-1-2-5-16(14)22-8-9-23-17(15)11-19(18)25/h1-2,4-5,10-13,22-25H,3,6-9H2. The van der Waals surface area contributed by atoms with Gasteiger partial charge in [-0.3, -0.25) is 9.98 Å². The molecule has 6 heteroatoms. The van der Waals surface area contributed by atoms with E-state index in [1.165, 1.54) is 12.1 Å². The summed E-state index contributed by atoms with van der Waals surface area (Å²) < 4.78 is 0. The first-order chi connectivity index (χ1) is 12.2. The smallest absolute Gasteiger partial charge is 0.159 e. The molecular weight excluding hydrogens is 316 g/mol. The predicted molar refractivity (Wildman–Crippen MR) is 103 cm³/mol. The Bertz CT molecular complexity index is 787. The van der Waals surface area contributed by atoms with Crippen LogP contribution < -0.4 is 10.6 Å². The highest BCUT2D eigenvalue weighted by atomic mass is 16.3. The Kier molecular flexibility index (Phi) is 5.51. The van der Waals surface area contributed by atoms with Crippen LogP contribution in [0.3, 0.4) is 0 Å². The van der Waals surface area contributed by atoms with Gasteiger partial charge in [0, 0.05) is 67.2 Å². The van der Waals surface area contributed by atoms with Crippen LogP contribution in [0.25, 0.3) is 0 Å². The maximum Gasteiger partial charge on any atom is 0.159 e. The average Bonchev–Trinajstić information content (AvgIpc) is 2.62. The van der Waals surface area contributed by atoms with Gasteiger partial charge in [-0.25, -0.2) is 0 Å². The second kappa shape index (κ2) is 8.19. The summed E-state index contributed by atoms with van der Waals surface area (Å²) in [6.07, 6.45) is 4.45. The van der Waals surface area contributed by atoms with E-state index in [9.17, 15) is 10.2 Å². The molecule has 2 aromatic rings. The molecule has 0 saturated carbocycles. The van der Waals surface area contributed by atoms with Crippen LogP contribution in [0.15, 0.2) is 46.4 Å². The van der Waals surface area contributed by atoms with E-state index in [1.807, 2.05) is 30.5 Å². The number of phenols is 2. The van der Waals surface area contributed by atoms with Gasteiger partial charge in [-0.15, -0.1) is 0 Å². The van der Waals surface area contributed by atoms with Crippen molar-refractivity contribution in [2.45, 2.75) is 6.42 Å². The maximum atomic E-state index is 9.75. The van der Waals surface area contributed by atoms with Gasteiger partial charge in [0.05, 0.1) is 0 Å². The van der Waals surface area contributed by atoms with E-state index >= 15 is 0 Å². The van der Waals surface area contributed by atoms with Crippen molar-refractivity contribution >= 4 is 23.8 Å². The minimum Gasteiger partial charge on any atom is -0.504 e. The van der Waals surface area contributed by atoms with Gasteiger partial charge in [0.25, 0.3) is 0 Å². The lowest BCUT2D eigenvalue weighted by molar-refractivity contribution is 0.404. The summed E-state index contributed by atoms with van der Waals surface area (Å²) in [7, 11) is 0. The molecule has 0 bridgehead atoms. The number of hydrogen-bond donors (Lipinski definition) is 4. The third kappa shape index (κ3) is 4.50. The molecule has 1 heterocycles. The number of aliphatic imine (C=N–C) groups is 2. The molecule has 3 rings (SSSR count). The van der Waals surface area contributed by atoms with Crippen LogP contribution in [0.5, 0.6) is 11.5 Å². The summed E-state index contributed by atoms with van der Waals surface area (Å²) in [6.45, 7) is 2.70. The van der Waals surface area contributed by atoms with Crippen molar-refractivity contribution in [3.8, 4) is 11.5 Å². The number of para-hydroxylation sites is 1. The van der Waals surface area contributed by atoms with Gasteiger partial charge in [0.1, 0.15) is 0 Å². The van der Waals surface area contributed by atoms with Gasteiger partial charge in [0.2, 0.25) is 0 Å². The topological polar surface area (TPSA) is 89.2 Å². The Morgan fingerprint density at radius 1 is 0.760 bits per heavy atom. The van der Waals surface area contributed by atoms with Gasteiger partial charge in [0.15, 0.2) is 11.5 Å². The normalized spacial score (nSPS) is 15.0.